The number of carboxylic acids is 1. The summed E-state index contributed by atoms with van der Waals surface area (Å²) in [5.41, 5.74) is 1.81. The van der Waals surface area contributed by atoms with Crippen LogP contribution in [-0.2, 0) is 11.4 Å². The summed E-state index contributed by atoms with van der Waals surface area (Å²) in [6.45, 7) is 1.56. The third-order valence-corrected chi connectivity index (χ3v) is 7.48. The molecule has 1 aliphatic heterocycles. The predicted octanol–water partition coefficient (Wildman–Crippen LogP) is 6.65. The molecule has 1 aromatic heterocycles. The van der Waals surface area contributed by atoms with E-state index in [-0.39, 0.29) is 41.6 Å². The van der Waals surface area contributed by atoms with Crippen LogP contribution in [0.1, 0.15) is 23.1 Å². The van der Waals surface area contributed by atoms with Crippen LogP contribution in [0.4, 0.5) is 8.78 Å². The molecule has 3 aromatic carbocycles. The Balaban J connectivity index is 1.50. The normalized spacial score (nSPS) is 12.4. The van der Waals surface area contributed by atoms with Gasteiger partial charge in [0.25, 0.3) is 11.8 Å². The van der Waals surface area contributed by atoms with Crippen molar-refractivity contribution in [3.05, 3.63) is 101 Å². The number of carbonyl (C=O) groups is 1. The number of ether oxygens (including phenoxy) is 3. The van der Waals surface area contributed by atoms with Crippen LogP contribution in [0.5, 0.6) is 29.0 Å². The molecule has 1 N–H and O–H groups in total. The number of aliphatic carboxylic acids is 1. The van der Waals surface area contributed by atoms with Crippen LogP contribution in [0.2, 0.25) is 0 Å². The molecule has 5 rings (SSSR count). The molecule has 0 aliphatic carbocycles. The summed E-state index contributed by atoms with van der Waals surface area (Å²) in [5, 5.41) is 18.5. The van der Waals surface area contributed by atoms with E-state index < -0.39 is 34.3 Å². The molecule has 0 saturated carbocycles. The Morgan fingerprint density at radius 1 is 1.02 bits per heavy atom. The fraction of sp³-hybridized carbons (Fsp3) is 0.188. The molecule has 0 unspecified atom stereocenters. The number of pyridine rings is 1. The number of carboxylic acid groups (broad SMARTS) is 1. The summed E-state index contributed by atoms with van der Waals surface area (Å²) in [7, 11) is 1.91. The highest BCUT2D eigenvalue weighted by Crippen LogP contribution is 2.40. The summed E-state index contributed by atoms with van der Waals surface area (Å²) in [6.07, 6.45) is -0.336. The Hall–Kier alpha value is -5.15. The minimum absolute atomic E-state index is 0.0327. The summed E-state index contributed by atoms with van der Waals surface area (Å²) < 4.78 is 49.0. The molecule has 1 aliphatic rings. The first-order valence-corrected chi connectivity index (χ1v) is 14.5. The van der Waals surface area contributed by atoms with Crippen molar-refractivity contribution in [1.82, 2.24) is 9.88 Å². The second kappa shape index (κ2) is 13.9. The van der Waals surface area contributed by atoms with Gasteiger partial charge in [0.15, 0.2) is 11.5 Å². The topological polar surface area (TPSA) is 117 Å². The first-order chi connectivity index (χ1) is 21.3. The van der Waals surface area contributed by atoms with Gasteiger partial charge in [0.1, 0.15) is 18.2 Å². The number of hydrogen-bond donors (Lipinski definition) is 1. The number of nitriles is 1. The zero-order chi connectivity index (χ0) is 31.1. The van der Waals surface area contributed by atoms with Gasteiger partial charge >= 0.3 is 5.97 Å². The molecule has 9 nitrogen and oxygen atoms in total. The van der Waals surface area contributed by atoms with Gasteiger partial charge in [-0.15, -0.1) is 11.8 Å². The van der Waals surface area contributed by atoms with E-state index in [4.69, 9.17) is 19.3 Å². The Morgan fingerprint density at radius 2 is 1.80 bits per heavy atom. The largest absolute Gasteiger partial charge is 0.485 e. The van der Waals surface area contributed by atoms with Crippen molar-refractivity contribution in [3.8, 4) is 35.1 Å². The number of hydrogen-bond acceptors (Lipinski definition) is 9. The second-order valence-corrected chi connectivity index (χ2v) is 10.7. The minimum Gasteiger partial charge on any atom is -0.485 e. The monoisotopic (exact) mass is 616 g/mol. The first kappa shape index (κ1) is 30.3. The van der Waals surface area contributed by atoms with Crippen molar-refractivity contribution in [2.45, 2.75) is 17.9 Å². The molecule has 2 heterocycles. The van der Waals surface area contributed by atoms with Crippen LogP contribution < -0.4 is 14.2 Å². The molecule has 12 heteroatoms. The Morgan fingerprint density at radius 3 is 2.50 bits per heavy atom. The van der Waals surface area contributed by atoms with E-state index in [0.717, 1.165) is 23.5 Å². The van der Waals surface area contributed by atoms with E-state index in [1.807, 2.05) is 54.4 Å². The molecule has 0 radical (unpaired) electrons. The number of nitrogens with zero attached hydrogens (tertiary/aromatic N) is 4. The number of halogens is 2. The van der Waals surface area contributed by atoms with Crippen molar-refractivity contribution in [2.75, 3.05) is 25.9 Å². The average Bonchev–Trinajstić information content (AvgIpc) is 3.46. The van der Waals surface area contributed by atoms with Crippen LogP contribution in [0.3, 0.4) is 0 Å². The molecule has 44 heavy (non-hydrogen) atoms. The molecule has 0 fully saturated rings. The summed E-state index contributed by atoms with van der Waals surface area (Å²) in [4.78, 5) is 21.0. The summed E-state index contributed by atoms with van der Waals surface area (Å²) in [5.74, 6) is -3.61. The average molecular weight is 617 g/mol. The van der Waals surface area contributed by atoms with Crippen molar-refractivity contribution in [3.63, 3.8) is 0 Å². The Bertz CT molecular complexity index is 1750. The first-order valence-electron chi connectivity index (χ1n) is 13.5. The van der Waals surface area contributed by atoms with Gasteiger partial charge in [-0.1, -0.05) is 42.5 Å². The second-order valence-electron chi connectivity index (χ2n) is 9.58. The summed E-state index contributed by atoms with van der Waals surface area (Å²) >= 11 is 0.654. The maximum Gasteiger partial charge on any atom is 0.304 e. The fourth-order valence-corrected chi connectivity index (χ4v) is 5.16. The fourth-order valence-electron chi connectivity index (χ4n) is 4.25. The quantitative estimate of drug-likeness (QED) is 0.175. The van der Waals surface area contributed by atoms with Crippen LogP contribution in [0.15, 0.2) is 82.7 Å². The lowest BCUT2D eigenvalue weighted by atomic mass is 10.2. The number of thioether (sulfide) groups is 1. The van der Waals surface area contributed by atoms with Crippen molar-refractivity contribution in [2.24, 2.45) is 4.99 Å². The highest BCUT2D eigenvalue weighted by molar-refractivity contribution is 7.99. The van der Waals surface area contributed by atoms with Crippen molar-refractivity contribution < 1.29 is 32.9 Å². The molecule has 0 saturated heterocycles. The smallest absolute Gasteiger partial charge is 0.304 e. The molecule has 224 valence electrons. The lowest BCUT2D eigenvalue weighted by Gasteiger charge is -2.17. The van der Waals surface area contributed by atoms with Gasteiger partial charge in [-0.2, -0.15) is 19.0 Å². The molecule has 4 aromatic rings. The van der Waals surface area contributed by atoms with Gasteiger partial charge in [-0.3, -0.25) is 9.79 Å². The summed E-state index contributed by atoms with van der Waals surface area (Å²) in [6, 6.07) is 22.5. The van der Waals surface area contributed by atoms with E-state index >= 15 is 8.78 Å². The van der Waals surface area contributed by atoms with E-state index in [1.165, 1.54) is 18.2 Å². The number of aliphatic imine (C=N–C) groups is 1. The number of likely N-dealkylation sites (N-methyl/N-ethyl adjacent to an activating group) is 1. The number of amidine groups is 1. The van der Waals surface area contributed by atoms with Crippen LogP contribution >= 0.6 is 11.8 Å². The molecular formula is C32H26F2N4O5S. The predicted molar refractivity (Wildman–Crippen MR) is 160 cm³/mol. The number of benzene rings is 3. The van der Waals surface area contributed by atoms with E-state index in [9.17, 15) is 10.1 Å². The molecule has 0 amide bonds. The van der Waals surface area contributed by atoms with Gasteiger partial charge in [-0.25, -0.2) is 0 Å². The van der Waals surface area contributed by atoms with Crippen molar-refractivity contribution in [1.29, 1.82) is 5.26 Å². The van der Waals surface area contributed by atoms with E-state index in [1.54, 1.807) is 18.2 Å². The number of rotatable bonds is 12. The Labute approximate surface area is 256 Å². The van der Waals surface area contributed by atoms with Crippen molar-refractivity contribution >= 4 is 23.6 Å². The third kappa shape index (κ3) is 7.25. The highest BCUT2D eigenvalue weighted by atomic mass is 32.2. The zero-order valence-corrected chi connectivity index (χ0v) is 24.3. The van der Waals surface area contributed by atoms with Gasteiger partial charge in [-0.05, 0) is 29.8 Å². The standard InChI is InChI=1S/C32H26F2N4O5S/c1-38-14-13-36-30(38)22-8-5-9-23(17-22)42-31-27(33)29(44-15-12-26(39)40)28(34)32(37-31)43-25-16-21(18-35)10-11-24(25)41-19-20-6-3-2-4-7-20/h2-11,16-17H,12-15,19H2,1H3,(H,39,40). The lowest BCUT2D eigenvalue weighted by molar-refractivity contribution is -0.136. The van der Waals surface area contributed by atoms with Crippen LogP contribution in [-0.4, -0.2) is 52.7 Å². The van der Waals surface area contributed by atoms with Crippen LogP contribution in [0.25, 0.3) is 0 Å². The molecular weight excluding hydrogens is 590 g/mol. The minimum atomic E-state index is -1.16. The zero-order valence-electron chi connectivity index (χ0n) is 23.5. The highest BCUT2D eigenvalue weighted by Gasteiger charge is 2.26. The molecule has 0 spiro atoms. The van der Waals surface area contributed by atoms with Gasteiger partial charge in [0, 0.05) is 31.0 Å². The molecule has 0 bridgehead atoms. The third-order valence-electron chi connectivity index (χ3n) is 6.42. The lowest BCUT2D eigenvalue weighted by Crippen LogP contribution is -2.23. The van der Waals surface area contributed by atoms with E-state index in [2.05, 4.69) is 9.98 Å². The Kier molecular flexibility index (Phi) is 9.56. The van der Waals surface area contributed by atoms with E-state index in [0.29, 0.717) is 18.3 Å². The SMILES string of the molecule is CN1CCN=C1c1cccc(Oc2nc(Oc3cc(C#N)ccc3OCc3ccccc3)c(F)c(SCCC(=O)O)c2F)c1. The maximum atomic E-state index is 15.8. The van der Waals surface area contributed by atoms with Gasteiger partial charge in [0.05, 0.1) is 29.5 Å². The van der Waals surface area contributed by atoms with Crippen LogP contribution in [0, 0.1) is 23.0 Å². The van der Waals surface area contributed by atoms with Gasteiger partial charge in [0.2, 0.25) is 11.6 Å². The molecule has 0 atom stereocenters. The number of aromatic nitrogens is 1. The van der Waals surface area contributed by atoms with Gasteiger partial charge < -0.3 is 24.2 Å². The maximum absolute atomic E-state index is 15.8.